The molecule has 14 N–H and O–H groups in total. The first kappa shape index (κ1) is 73.8. The summed E-state index contributed by atoms with van der Waals surface area (Å²) in [4.78, 5) is 152. The second-order valence-electron chi connectivity index (χ2n) is 20.0. The molecule has 7 atom stereocenters. The number of rotatable bonds is 32. The molecule has 1 saturated heterocycles. The fourth-order valence-corrected chi connectivity index (χ4v) is 9.14. The van der Waals surface area contributed by atoms with Gasteiger partial charge in [-0.25, -0.2) is 9.78 Å². The summed E-state index contributed by atoms with van der Waals surface area (Å²) in [6.07, 6.45) is 1.55. The van der Waals surface area contributed by atoms with Gasteiger partial charge >= 0.3 is 23.9 Å². The van der Waals surface area contributed by atoms with Crippen LogP contribution in [0.3, 0.4) is 0 Å². The molecule has 34 heteroatoms. The number of aliphatic carboxylic acids is 6. The van der Waals surface area contributed by atoms with Gasteiger partial charge in [-0.3, -0.25) is 58.0 Å². The zero-order chi connectivity index (χ0) is 63.5. The van der Waals surface area contributed by atoms with E-state index in [-0.39, 0.29) is 123 Å². The molecule has 2 heterocycles. The zero-order valence-electron chi connectivity index (χ0n) is 47.1. The van der Waals surface area contributed by atoms with Gasteiger partial charge in [-0.1, -0.05) is 42.5 Å². The summed E-state index contributed by atoms with van der Waals surface area (Å²) in [7, 11) is 0. The van der Waals surface area contributed by atoms with Crippen LogP contribution in [-0.4, -0.2) is 258 Å². The van der Waals surface area contributed by atoms with Gasteiger partial charge < -0.3 is 92.6 Å². The largest absolute Gasteiger partial charge is 0.549 e. The normalized spacial score (nSPS) is 16.1. The minimum Gasteiger partial charge on any atom is -0.549 e. The Kier molecular flexibility index (Phi) is 32.3. The molecule has 0 aliphatic carbocycles. The molecule has 87 heavy (non-hydrogen) atoms. The van der Waals surface area contributed by atoms with Crippen LogP contribution in [0.5, 0.6) is 0 Å². The van der Waals surface area contributed by atoms with E-state index in [9.17, 15) is 93.6 Å². The number of hydrogen-bond acceptors (Lipinski definition) is 21. The smallest absolute Gasteiger partial charge is 0.328 e. The Hall–Kier alpha value is -7.41. The number of carbonyl (C=O) groups is 11. The summed E-state index contributed by atoms with van der Waals surface area (Å²) in [6, 6.07) is 3.99. The number of carbonyl (C=O) groups excluding carboxylic acids is 7. The topological polar surface area (TPSA) is 481 Å². The van der Waals surface area contributed by atoms with Crippen molar-refractivity contribution in [3.63, 3.8) is 0 Å². The standard InChI is InChI=1S/C53H73N13O19S.Gd/c1-31(46(77)58-37(22-35-24-54-30-55-35)49(80)60-39(28-67)50(81)59-36(21-33-5-3-2-4-6-33)48(79)61-40(29-68)51(82)83)56-47(78)38(23-42(69)70)62-53(86)57-34-10-7-32(8-11-34)9-12-41(52(84)85)66-19-17-64(26-44(73)74)15-13-63(25-43(71)72)14-16-65(18-20-66)27-45(75)76;/h2-8,10-11,24,30-31,36-41,67-68H,9,12-23,25-29H2,1H3,(H,54,55)(H,56,78)(H,58,77)(H,59,81)(H,60,80)(H,61,79)(H,69,70)(H,71,72)(H,73,74)(H,75,76)(H,82,83)(H,84,85)(H2,57,62,86);/p-2/t31-,36-,37-,38-,39-,40-,41?;/m0./s1. The number of benzene rings is 2. The van der Waals surface area contributed by atoms with Crippen LogP contribution in [0, 0.1) is 39.9 Å². The minimum absolute atomic E-state index is 0. The van der Waals surface area contributed by atoms with E-state index in [0.717, 1.165) is 0 Å². The van der Waals surface area contributed by atoms with E-state index in [1.807, 2.05) is 0 Å². The maximum atomic E-state index is 13.8. The molecule has 32 nitrogen and oxygen atoms in total. The van der Waals surface area contributed by atoms with Gasteiger partial charge in [0.15, 0.2) is 5.11 Å². The average Bonchev–Trinajstić information content (AvgIpc) is 4.09. The quantitative estimate of drug-likeness (QED) is 0.0258. The molecular weight excluding hydrogens is 1310 g/mol. The number of anilines is 1. The van der Waals surface area contributed by atoms with Gasteiger partial charge in [0, 0.05) is 136 Å². The first-order chi connectivity index (χ1) is 40.8. The van der Waals surface area contributed by atoms with Crippen molar-refractivity contribution < 1.29 is 134 Å². The number of aromatic nitrogens is 2. The average molecular weight is 1380 g/mol. The van der Waals surface area contributed by atoms with Crippen molar-refractivity contribution in [1.82, 2.24) is 61.5 Å². The van der Waals surface area contributed by atoms with Crippen molar-refractivity contribution in [1.29, 1.82) is 0 Å². The van der Waals surface area contributed by atoms with E-state index in [4.69, 9.17) is 12.2 Å². The van der Waals surface area contributed by atoms with Crippen molar-refractivity contribution in [3.05, 3.63) is 83.9 Å². The number of imidazole rings is 1. The third-order valence-corrected chi connectivity index (χ3v) is 13.7. The Morgan fingerprint density at radius 3 is 1.56 bits per heavy atom. The number of thiocarbonyl (C=S) groups is 1. The molecule has 4 rings (SSSR count). The number of aliphatic hydroxyl groups is 2. The second kappa shape index (κ2) is 38.0. The zero-order valence-corrected chi connectivity index (χ0v) is 50.2. The van der Waals surface area contributed by atoms with E-state index in [0.29, 0.717) is 22.5 Å². The number of amides is 5. The molecule has 0 saturated carbocycles. The number of aromatic amines is 1. The van der Waals surface area contributed by atoms with Gasteiger partial charge in [0.2, 0.25) is 29.5 Å². The summed E-state index contributed by atoms with van der Waals surface area (Å²) in [6.45, 7) is -1.54. The molecular formula is C53H71GdN13O19S-2. The monoisotopic (exact) mass is 1380 g/mol. The summed E-state index contributed by atoms with van der Waals surface area (Å²) in [5, 5.41) is 98.8. The Morgan fingerprint density at radius 1 is 0.575 bits per heavy atom. The fraction of sp³-hybridized carbons (Fsp3) is 0.491. The molecule has 0 spiro atoms. The van der Waals surface area contributed by atoms with Crippen LogP contribution < -0.4 is 47.4 Å². The molecule has 2 aromatic carbocycles. The van der Waals surface area contributed by atoms with Crippen LogP contribution in [0.1, 0.15) is 36.6 Å². The minimum atomic E-state index is -1.76. The Bertz CT molecular complexity index is 2780. The number of nitrogens with one attached hydrogen (secondary N) is 8. The van der Waals surface area contributed by atoms with Gasteiger partial charge in [-0.2, -0.15) is 0 Å². The Morgan fingerprint density at radius 2 is 1.07 bits per heavy atom. The van der Waals surface area contributed by atoms with Crippen LogP contribution >= 0.6 is 12.2 Å². The van der Waals surface area contributed by atoms with E-state index in [1.54, 1.807) is 64.4 Å². The molecule has 0 radical (unpaired) electrons. The van der Waals surface area contributed by atoms with Gasteiger partial charge in [0.05, 0.1) is 44.4 Å². The second-order valence-corrected chi connectivity index (χ2v) is 20.4. The van der Waals surface area contributed by atoms with Crippen molar-refractivity contribution in [3.8, 4) is 0 Å². The van der Waals surface area contributed by atoms with Gasteiger partial charge in [-0.05, 0) is 55.2 Å². The Balaban J connectivity index is 0.0000198. The third-order valence-electron chi connectivity index (χ3n) is 13.5. The third kappa shape index (κ3) is 27.0. The maximum Gasteiger partial charge on any atom is 0.328 e. The molecule has 1 aromatic heterocycles. The first-order valence-corrected chi connectivity index (χ1v) is 27.4. The SMILES string of the molecule is C[C@H](NC(=O)[C@H](CC(=O)O)NC(=S)Nc1ccc(CCC(C(=O)O)N2CCN(CC(=O)[O-])CCN(CC(=O)[O-])CCN(CC(=O)O)CC2)cc1)C(=O)N[C@@H](Cc1cnc[nH]1)C(=O)N[C@@H](CO)C(=O)N[C@@H](Cc1ccccc1)C(=O)N[C@@H](CO)C(=O)O.[Gd]. The first-order valence-electron chi connectivity index (χ1n) is 27.0. The maximum absolute atomic E-state index is 13.8. The molecule has 478 valence electrons. The molecule has 1 aliphatic heterocycles. The number of aliphatic hydroxyl groups excluding tert-OH is 2. The van der Waals surface area contributed by atoms with Crippen LogP contribution in [0.15, 0.2) is 67.1 Å². The fourth-order valence-electron chi connectivity index (χ4n) is 8.88. The van der Waals surface area contributed by atoms with Crippen LogP contribution in [0.25, 0.3) is 0 Å². The predicted octanol–water partition coefficient (Wildman–Crippen LogP) is -7.27. The molecule has 1 fully saturated rings. The molecule has 1 aliphatic rings. The van der Waals surface area contributed by atoms with Crippen molar-refractivity contribution in [2.24, 2.45) is 0 Å². The van der Waals surface area contributed by atoms with E-state index in [1.165, 1.54) is 29.2 Å². The van der Waals surface area contributed by atoms with Crippen LogP contribution in [0.2, 0.25) is 0 Å². The predicted molar refractivity (Wildman–Crippen MR) is 300 cm³/mol. The molecule has 0 bridgehead atoms. The van der Waals surface area contributed by atoms with Crippen LogP contribution in [0.4, 0.5) is 5.69 Å². The number of carboxylic acids is 6. The summed E-state index contributed by atoms with van der Waals surface area (Å²) in [5.41, 5.74) is 1.85. The van der Waals surface area contributed by atoms with Crippen LogP contribution in [-0.2, 0) is 72.0 Å². The summed E-state index contributed by atoms with van der Waals surface area (Å²) >= 11 is 5.41. The molecule has 1 unspecified atom stereocenters. The van der Waals surface area contributed by atoms with Gasteiger partial charge in [0.1, 0.15) is 42.3 Å². The number of aryl methyl sites for hydroxylation is 1. The number of carboxylic acid groups (broad SMARTS) is 6. The number of hydrogen-bond donors (Lipinski definition) is 14. The molecule has 3 aromatic rings. The van der Waals surface area contributed by atoms with E-state index < -0.39 is 147 Å². The van der Waals surface area contributed by atoms with Crippen molar-refractivity contribution in [2.75, 3.05) is 90.5 Å². The van der Waals surface area contributed by atoms with E-state index >= 15 is 0 Å². The molecule has 5 amide bonds. The summed E-state index contributed by atoms with van der Waals surface area (Å²) in [5.74, 6) is -13.3. The Labute approximate surface area is 535 Å². The number of H-pyrrole nitrogens is 1. The van der Waals surface area contributed by atoms with Gasteiger partial charge in [-0.15, -0.1) is 0 Å². The van der Waals surface area contributed by atoms with Gasteiger partial charge in [0.25, 0.3) is 0 Å². The van der Waals surface area contributed by atoms with Crippen molar-refractivity contribution >= 4 is 88.4 Å². The summed E-state index contributed by atoms with van der Waals surface area (Å²) < 4.78 is 0. The number of nitrogens with zero attached hydrogens (tertiary/aromatic N) is 5. The van der Waals surface area contributed by atoms with E-state index in [2.05, 4.69) is 47.2 Å². The van der Waals surface area contributed by atoms with Crippen molar-refractivity contribution in [2.45, 2.75) is 81.3 Å².